The van der Waals surface area contributed by atoms with E-state index in [1.807, 2.05) is 47.0 Å². The second-order valence-corrected chi connectivity index (χ2v) is 11.4. The number of carbonyl (C=O) groups is 1. The number of hydrogen-bond donors (Lipinski definition) is 0. The minimum atomic E-state index is -0.612. The zero-order chi connectivity index (χ0) is 31.6. The molecule has 3 aromatic carbocycles. The van der Waals surface area contributed by atoms with Crippen LogP contribution in [0.15, 0.2) is 66.7 Å². The highest BCUT2D eigenvalue weighted by atomic mass is 19.1. The maximum Gasteiger partial charge on any atom is 0.338 e. The molecule has 9 nitrogen and oxygen atoms in total. The number of hydrogen-bond acceptors (Lipinski definition) is 8. The van der Waals surface area contributed by atoms with Crippen LogP contribution in [0, 0.1) is 17.1 Å². The number of methoxy groups -OCH3 is 1. The Hall–Kier alpha value is -5.11. The standard InChI is InChI=1S/C36H31FN4O5/c1-43-36(42)27-15-30(37)35-32(16-27)41(19-29-10-12-45-29)33(40-35)17-23-7-8-25-14-28(23)20-44-11-9-24-13-22(18-38)5-6-26(24)21-46-34-4-2-3-31(25)39-34/h2-8,13-16,29H,9-12,17,19-21H2,1H3/t29-/m0/s1. The fourth-order valence-electron chi connectivity index (χ4n) is 5.94. The number of imidazole rings is 1. The molecular weight excluding hydrogens is 587 g/mol. The lowest BCUT2D eigenvalue weighted by molar-refractivity contribution is -0.0589. The zero-order valence-electron chi connectivity index (χ0n) is 25.3. The quantitative estimate of drug-likeness (QED) is 0.223. The predicted octanol–water partition coefficient (Wildman–Crippen LogP) is 5.93. The number of aromatic nitrogens is 3. The van der Waals surface area contributed by atoms with E-state index in [1.165, 1.54) is 13.2 Å². The monoisotopic (exact) mass is 618 g/mol. The molecule has 2 aliphatic rings. The molecule has 0 N–H and O–H groups in total. The summed E-state index contributed by atoms with van der Waals surface area (Å²) in [5, 5.41) is 9.46. The van der Waals surface area contributed by atoms with E-state index in [2.05, 4.69) is 12.1 Å². The molecule has 0 unspecified atom stereocenters. The van der Waals surface area contributed by atoms with Crippen molar-refractivity contribution < 1.29 is 28.1 Å². The van der Waals surface area contributed by atoms with Crippen LogP contribution in [0.1, 0.15) is 50.4 Å². The van der Waals surface area contributed by atoms with Crippen LogP contribution in [-0.2, 0) is 46.8 Å². The fourth-order valence-corrected chi connectivity index (χ4v) is 5.94. The van der Waals surface area contributed by atoms with Gasteiger partial charge in [0.2, 0.25) is 5.88 Å². The number of carbonyl (C=O) groups excluding carboxylic acids is 1. The van der Waals surface area contributed by atoms with Crippen molar-refractivity contribution in [3.05, 3.63) is 112 Å². The van der Waals surface area contributed by atoms with Crippen molar-refractivity contribution in [2.45, 2.75) is 45.1 Å². The maximum atomic E-state index is 15.3. The Balaban J connectivity index is 1.27. The first-order valence-electron chi connectivity index (χ1n) is 15.2. The molecule has 46 heavy (non-hydrogen) atoms. The second kappa shape index (κ2) is 12.7. The van der Waals surface area contributed by atoms with Gasteiger partial charge in [-0.1, -0.05) is 24.3 Å². The van der Waals surface area contributed by atoms with Gasteiger partial charge in [0.05, 0.1) is 61.4 Å². The Labute approximate surface area is 265 Å². The highest BCUT2D eigenvalue weighted by Crippen LogP contribution is 2.29. The third kappa shape index (κ3) is 5.95. The number of fused-ring (bicyclic) bond motifs is 7. The van der Waals surface area contributed by atoms with Crippen LogP contribution in [0.4, 0.5) is 4.39 Å². The largest absolute Gasteiger partial charge is 0.473 e. The summed E-state index contributed by atoms with van der Waals surface area (Å²) >= 11 is 0. The minimum absolute atomic E-state index is 0.0188. The van der Waals surface area contributed by atoms with E-state index in [0.29, 0.717) is 68.6 Å². The molecule has 0 spiro atoms. The van der Waals surface area contributed by atoms with E-state index in [4.69, 9.17) is 28.9 Å². The Morgan fingerprint density at radius 3 is 2.74 bits per heavy atom. The van der Waals surface area contributed by atoms with Crippen molar-refractivity contribution in [1.29, 1.82) is 5.26 Å². The second-order valence-electron chi connectivity index (χ2n) is 11.4. The van der Waals surface area contributed by atoms with Gasteiger partial charge in [0.15, 0.2) is 5.82 Å². The number of esters is 1. The molecule has 4 heterocycles. The van der Waals surface area contributed by atoms with Gasteiger partial charge in [0.25, 0.3) is 0 Å². The smallest absolute Gasteiger partial charge is 0.338 e. The first kappa shape index (κ1) is 29.6. The van der Waals surface area contributed by atoms with E-state index in [-0.39, 0.29) is 17.2 Å². The van der Waals surface area contributed by atoms with Gasteiger partial charge in [-0.05, 0) is 71.5 Å². The van der Waals surface area contributed by atoms with E-state index in [1.54, 1.807) is 12.1 Å². The van der Waals surface area contributed by atoms with Gasteiger partial charge >= 0.3 is 5.97 Å². The Bertz CT molecular complexity index is 2000. The molecule has 0 radical (unpaired) electrons. The summed E-state index contributed by atoms with van der Waals surface area (Å²) in [4.78, 5) is 21.8. The number of ether oxygens (including phenoxy) is 4. The van der Waals surface area contributed by atoms with Crippen molar-refractivity contribution in [2.24, 2.45) is 0 Å². The third-order valence-electron chi connectivity index (χ3n) is 8.55. The average Bonchev–Trinajstić information content (AvgIpc) is 3.40. The molecule has 1 saturated heterocycles. The summed E-state index contributed by atoms with van der Waals surface area (Å²) in [6.45, 7) is 2.27. The fraction of sp³-hybridized carbons (Fsp3) is 0.278. The van der Waals surface area contributed by atoms with Crippen LogP contribution in [0.2, 0.25) is 0 Å². The molecule has 2 aromatic heterocycles. The number of nitriles is 1. The van der Waals surface area contributed by atoms with Crippen molar-refractivity contribution in [2.75, 3.05) is 20.3 Å². The lowest BCUT2D eigenvalue weighted by Gasteiger charge is -2.27. The van der Waals surface area contributed by atoms with Crippen molar-refractivity contribution >= 4 is 17.0 Å². The summed E-state index contributed by atoms with van der Waals surface area (Å²) in [7, 11) is 1.27. The van der Waals surface area contributed by atoms with E-state index >= 15 is 4.39 Å². The minimum Gasteiger partial charge on any atom is -0.473 e. The molecule has 4 bridgehead atoms. The van der Waals surface area contributed by atoms with E-state index in [9.17, 15) is 10.1 Å². The van der Waals surface area contributed by atoms with Crippen LogP contribution in [0.3, 0.4) is 0 Å². The van der Waals surface area contributed by atoms with E-state index in [0.717, 1.165) is 39.9 Å². The number of pyridine rings is 1. The third-order valence-corrected chi connectivity index (χ3v) is 8.55. The van der Waals surface area contributed by atoms with Gasteiger partial charge in [-0.3, -0.25) is 0 Å². The molecule has 0 aliphatic carbocycles. The molecule has 5 aromatic rings. The normalized spacial score (nSPS) is 16.0. The van der Waals surface area contributed by atoms with Crippen molar-refractivity contribution in [3.63, 3.8) is 0 Å². The molecular formula is C36H31FN4O5. The van der Waals surface area contributed by atoms with Crippen molar-refractivity contribution in [3.8, 4) is 23.2 Å². The van der Waals surface area contributed by atoms with Crippen LogP contribution in [0.25, 0.3) is 22.3 Å². The van der Waals surface area contributed by atoms with Crippen LogP contribution in [-0.4, -0.2) is 46.9 Å². The van der Waals surface area contributed by atoms with Crippen LogP contribution >= 0.6 is 0 Å². The molecule has 7 rings (SSSR count). The summed E-state index contributed by atoms with van der Waals surface area (Å²) in [5.74, 6) is -0.0339. The highest BCUT2D eigenvalue weighted by Gasteiger charge is 2.25. The predicted molar refractivity (Wildman–Crippen MR) is 167 cm³/mol. The van der Waals surface area contributed by atoms with Gasteiger partial charge in [-0.15, -0.1) is 0 Å². The van der Waals surface area contributed by atoms with Gasteiger partial charge < -0.3 is 23.5 Å². The molecule has 10 heteroatoms. The van der Waals surface area contributed by atoms with Gasteiger partial charge in [-0.2, -0.15) is 5.26 Å². The number of rotatable bonds is 5. The number of benzene rings is 3. The summed E-state index contributed by atoms with van der Waals surface area (Å²) in [5.41, 5.74) is 6.98. The summed E-state index contributed by atoms with van der Waals surface area (Å²) in [6.07, 6.45) is 1.88. The van der Waals surface area contributed by atoms with Gasteiger partial charge in [0.1, 0.15) is 17.9 Å². The molecule has 1 fully saturated rings. The number of nitrogens with zero attached hydrogens (tertiary/aromatic N) is 4. The summed E-state index contributed by atoms with van der Waals surface area (Å²) < 4.78 is 40.2. The molecule has 0 amide bonds. The Morgan fingerprint density at radius 1 is 1.04 bits per heavy atom. The molecule has 0 saturated carbocycles. The lowest BCUT2D eigenvalue weighted by Crippen LogP contribution is -2.31. The first-order valence-corrected chi connectivity index (χ1v) is 15.2. The maximum absolute atomic E-state index is 15.3. The Morgan fingerprint density at radius 2 is 1.93 bits per heavy atom. The first-order chi connectivity index (χ1) is 22.5. The summed E-state index contributed by atoms with van der Waals surface area (Å²) in [6, 6.07) is 22.4. The molecule has 2 aliphatic heterocycles. The van der Waals surface area contributed by atoms with Crippen molar-refractivity contribution in [1.82, 2.24) is 14.5 Å². The molecule has 232 valence electrons. The highest BCUT2D eigenvalue weighted by molar-refractivity contribution is 5.94. The van der Waals surface area contributed by atoms with Crippen LogP contribution < -0.4 is 4.74 Å². The van der Waals surface area contributed by atoms with Gasteiger partial charge in [0, 0.05) is 24.7 Å². The number of halogens is 1. The average molecular weight is 619 g/mol. The topological polar surface area (TPSA) is 108 Å². The SMILES string of the molecule is COC(=O)c1cc(F)c2nc(Cc3ccc4cc3COCCc3cc(C#N)ccc3COc3cccc-4n3)n(C[C@@H]3CCO3)c2c1. The van der Waals surface area contributed by atoms with Crippen LogP contribution in [0.5, 0.6) is 5.88 Å². The Kier molecular flexibility index (Phi) is 8.18. The molecule has 1 atom stereocenters. The van der Waals surface area contributed by atoms with E-state index < -0.39 is 11.8 Å². The zero-order valence-corrected chi connectivity index (χ0v) is 25.3. The van der Waals surface area contributed by atoms with Gasteiger partial charge in [-0.25, -0.2) is 19.2 Å². The lowest BCUT2D eigenvalue weighted by atomic mass is 9.99.